The molecule has 4 N–H and O–H groups in total. The average molecular weight is 539 g/mol. The molecule has 202 valence electrons. The van der Waals surface area contributed by atoms with Crippen molar-refractivity contribution < 1.29 is 29.6 Å². The van der Waals surface area contributed by atoms with Gasteiger partial charge in [-0.25, -0.2) is 9.59 Å². The van der Waals surface area contributed by atoms with E-state index in [1.165, 1.54) is 20.5 Å². The van der Waals surface area contributed by atoms with Gasteiger partial charge >= 0.3 is 11.9 Å². The lowest BCUT2D eigenvalue weighted by Gasteiger charge is -2.38. The number of carboxylic acid groups (broad SMARTS) is 2. The summed E-state index contributed by atoms with van der Waals surface area (Å²) in [6.45, 7) is 8.52. The Morgan fingerprint density at radius 1 is 1.11 bits per heavy atom. The van der Waals surface area contributed by atoms with E-state index in [9.17, 15) is 5.11 Å². The number of aryl methyl sites for hydroxylation is 2. The number of likely N-dealkylation sites (tertiary alicyclic amines) is 1. The molecule has 0 amide bonds. The van der Waals surface area contributed by atoms with Crippen molar-refractivity contribution in [1.82, 2.24) is 9.88 Å². The highest BCUT2D eigenvalue weighted by molar-refractivity contribution is 7.19. The number of H-pyrrole nitrogens is 1. The highest BCUT2D eigenvalue weighted by atomic mass is 32.1. The molecule has 0 radical (unpaired) electrons. The normalized spacial score (nSPS) is 18.6. The highest BCUT2D eigenvalue weighted by Gasteiger charge is 2.29. The van der Waals surface area contributed by atoms with Crippen molar-refractivity contribution in [3.05, 3.63) is 64.7 Å². The molecule has 0 unspecified atom stereocenters. The van der Waals surface area contributed by atoms with E-state index < -0.39 is 18.0 Å². The topological polar surface area (TPSA) is 123 Å². The number of hydrogen-bond donors (Lipinski definition) is 4. The van der Waals surface area contributed by atoms with Crippen molar-refractivity contribution in [2.45, 2.75) is 51.7 Å². The number of aliphatic hydroxyl groups is 1. The Balaban J connectivity index is 0.000000505. The van der Waals surface area contributed by atoms with Crippen LogP contribution in [-0.2, 0) is 9.59 Å². The van der Waals surface area contributed by atoms with E-state index in [2.05, 4.69) is 60.1 Å². The molecule has 5 rings (SSSR count). The number of rotatable bonds is 6. The molecular weight excluding hydrogens is 504 g/mol. The lowest BCUT2D eigenvalue weighted by molar-refractivity contribution is -0.159. The summed E-state index contributed by atoms with van der Waals surface area (Å²) >= 11 is 1.95. The van der Waals surface area contributed by atoms with Crippen molar-refractivity contribution in [2.75, 3.05) is 19.7 Å². The maximum absolute atomic E-state index is 10.7. The Morgan fingerprint density at radius 3 is 2.53 bits per heavy atom. The van der Waals surface area contributed by atoms with E-state index in [4.69, 9.17) is 24.5 Å². The molecule has 38 heavy (non-hydrogen) atoms. The van der Waals surface area contributed by atoms with Gasteiger partial charge in [0.05, 0.1) is 0 Å². The summed E-state index contributed by atoms with van der Waals surface area (Å²) in [4.78, 5) is 25.5. The zero-order valence-corrected chi connectivity index (χ0v) is 22.6. The number of nitrogens with one attached hydrogen (secondary N) is 1. The molecule has 0 aliphatic carbocycles. The summed E-state index contributed by atoms with van der Waals surface area (Å²) in [6.07, 6.45) is 1.78. The third-order valence-electron chi connectivity index (χ3n) is 7.03. The number of ether oxygens (including phenoxy) is 1. The van der Waals surface area contributed by atoms with Crippen molar-refractivity contribution >= 4 is 44.3 Å². The fourth-order valence-electron chi connectivity index (χ4n) is 5.08. The molecule has 8 nitrogen and oxygen atoms in total. The van der Waals surface area contributed by atoms with Crippen LogP contribution in [0.25, 0.3) is 21.0 Å². The number of aromatic amines is 1. The van der Waals surface area contributed by atoms with Gasteiger partial charge in [0.2, 0.25) is 0 Å². The van der Waals surface area contributed by atoms with Gasteiger partial charge in [0.25, 0.3) is 0 Å². The number of fused-ring (bicyclic) bond motifs is 2. The van der Waals surface area contributed by atoms with Gasteiger partial charge in [-0.15, -0.1) is 11.3 Å². The standard InChI is InChI=1S/C27H32N2O2S.C2H2O4/c1-17-6-4-9-26-22(17)14-27(32-26)20-10-11-29(19(3)13-20)15-21(30)16-31-25-8-5-7-24-23(25)12-18(2)28-24;3-1(4)2(5)6/h4-9,12,14,19-21,28,30H,10-11,13,15-16H2,1-3H3;(H,3,4)(H,5,6)/t19-,20-,21+;/m1./s1. The molecule has 2 aromatic carbocycles. The van der Waals surface area contributed by atoms with Gasteiger partial charge in [-0.05, 0) is 87.4 Å². The van der Waals surface area contributed by atoms with Crippen molar-refractivity contribution in [3.63, 3.8) is 0 Å². The molecular formula is C29H34N2O6S. The van der Waals surface area contributed by atoms with Gasteiger partial charge in [0.1, 0.15) is 18.5 Å². The Kier molecular flexibility index (Phi) is 8.71. The third kappa shape index (κ3) is 6.53. The first-order valence-corrected chi connectivity index (χ1v) is 13.5. The van der Waals surface area contributed by atoms with Gasteiger partial charge < -0.3 is 25.0 Å². The molecule has 1 fully saturated rings. The Bertz CT molecular complexity index is 1420. The largest absolute Gasteiger partial charge is 0.490 e. The molecule has 0 spiro atoms. The molecule has 3 atom stereocenters. The van der Waals surface area contributed by atoms with Crippen LogP contribution in [0.5, 0.6) is 5.75 Å². The number of aliphatic carboxylic acids is 2. The lowest BCUT2D eigenvalue weighted by Crippen LogP contribution is -2.45. The minimum Gasteiger partial charge on any atom is -0.490 e. The van der Waals surface area contributed by atoms with Crippen LogP contribution in [0.4, 0.5) is 0 Å². The van der Waals surface area contributed by atoms with Crippen LogP contribution >= 0.6 is 11.3 Å². The van der Waals surface area contributed by atoms with Gasteiger partial charge in [0.15, 0.2) is 0 Å². The Morgan fingerprint density at radius 2 is 1.84 bits per heavy atom. The van der Waals surface area contributed by atoms with Crippen molar-refractivity contribution in [3.8, 4) is 5.75 Å². The molecule has 9 heteroatoms. The van der Waals surface area contributed by atoms with Crippen molar-refractivity contribution in [1.29, 1.82) is 0 Å². The second-order valence-electron chi connectivity index (χ2n) is 9.95. The minimum absolute atomic E-state index is 0.311. The van der Waals surface area contributed by atoms with Crippen LogP contribution in [0.15, 0.2) is 48.5 Å². The first-order chi connectivity index (χ1) is 18.1. The van der Waals surface area contributed by atoms with E-state index in [1.54, 1.807) is 0 Å². The first-order valence-electron chi connectivity index (χ1n) is 12.7. The fourth-order valence-corrected chi connectivity index (χ4v) is 6.37. The fraction of sp³-hybridized carbons (Fsp3) is 0.379. The van der Waals surface area contributed by atoms with E-state index in [-0.39, 0.29) is 0 Å². The molecule has 1 saturated heterocycles. The lowest BCUT2D eigenvalue weighted by atomic mass is 9.90. The van der Waals surface area contributed by atoms with Gasteiger partial charge in [-0.1, -0.05) is 18.2 Å². The van der Waals surface area contributed by atoms with Crippen LogP contribution in [0.2, 0.25) is 0 Å². The monoisotopic (exact) mass is 538 g/mol. The number of carboxylic acids is 2. The third-order valence-corrected chi connectivity index (χ3v) is 8.30. The quantitative estimate of drug-likeness (QED) is 0.250. The van der Waals surface area contributed by atoms with E-state index in [1.807, 2.05) is 30.4 Å². The van der Waals surface area contributed by atoms with E-state index >= 15 is 0 Å². The zero-order chi connectivity index (χ0) is 27.4. The number of nitrogens with zero attached hydrogens (tertiary/aromatic N) is 1. The molecule has 3 heterocycles. The smallest absolute Gasteiger partial charge is 0.414 e. The summed E-state index contributed by atoms with van der Waals surface area (Å²) < 4.78 is 7.41. The summed E-state index contributed by atoms with van der Waals surface area (Å²) in [6, 6.07) is 17.6. The average Bonchev–Trinajstić information content (AvgIpc) is 3.48. The van der Waals surface area contributed by atoms with Crippen LogP contribution in [0, 0.1) is 13.8 Å². The van der Waals surface area contributed by atoms with Gasteiger partial charge in [-0.3, -0.25) is 4.90 Å². The molecule has 2 aromatic heterocycles. The number of thiophene rings is 1. The zero-order valence-electron chi connectivity index (χ0n) is 21.8. The molecule has 1 aliphatic heterocycles. The Hall–Kier alpha value is -3.40. The summed E-state index contributed by atoms with van der Waals surface area (Å²) in [5, 5.41) is 28.0. The van der Waals surface area contributed by atoms with E-state index in [0.29, 0.717) is 25.1 Å². The second-order valence-corrected chi connectivity index (χ2v) is 11.1. The van der Waals surface area contributed by atoms with Crippen LogP contribution in [0.1, 0.15) is 41.8 Å². The van der Waals surface area contributed by atoms with Crippen LogP contribution in [0.3, 0.4) is 0 Å². The first kappa shape index (κ1) is 27.6. The molecule has 0 bridgehead atoms. The number of hydrogen-bond acceptors (Lipinski definition) is 6. The van der Waals surface area contributed by atoms with Gasteiger partial charge in [-0.2, -0.15) is 0 Å². The van der Waals surface area contributed by atoms with Crippen molar-refractivity contribution in [2.24, 2.45) is 0 Å². The SMILES string of the molecule is Cc1cc2c(OC[C@@H](O)CN3CC[C@@H](c4cc5c(C)cccc5s4)C[C@H]3C)cccc2[nH]1.O=C(O)C(=O)O. The number of β-amino-alcohol motifs (C(OH)–C–C–N with tert-alkyl or cyclic N) is 1. The maximum atomic E-state index is 10.7. The second kappa shape index (κ2) is 12.0. The highest BCUT2D eigenvalue weighted by Crippen LogP contribution is 2.39. The number of carbonyl (C=O) groups is 2. The van der Waals surface area contributed by atoms with Crippen LogP contribution in [-0.4, -0.2) is 69.0 Å². The van der Waals surface area contributed by atoms with E-state index in [0.717, 1.165) is 41.7 Å². The maximum Gasteiger partial charge on any atom is 0.414 e. The Labute approximate surface area is 225 Å². The summed E-state index contributed by atoms with van der Waals surface area (Å²) in [5.74, 6) is -2.21. The molecule has 4 aromatic rings. The number of benzene rings is 2. The molecule has 0 saturated carbocycles. The number of aliphatic hydroxyl groups excluding tert-OH is 1. The number of aromatic nitrogens is 1. The van der Waals surface area contributed by atoms with Crippen LogP contribution < -0.4 is 4.74 Å². The predicted octanol–water partition coefficient (Wildman–Crippen LogP) is 5.16. The predicted molar refractivity (Wildman–Crippen MR) is 149 cm³/mol. The molecule has 1 aliphatic rings. The summed E-state index contributed by atoms with van der Waals surface area (Å²) in [7, 11) is 0. The number of piperidine rings is 1. The minimum atomic E-state index is -1.82. The van der Waals surface area contributed by atoms with Gasteiger partial charge in [0, 0.05) is 38.8 Å². The summed E-state index contributed by atoms with van der Waals surface area (Å²) in [5.41, 5.74) is 3.55.